The Hall–Kier alpha value is -2.41. The molecule has 0 unspecified atom stereocenters. The molecule has 7 nitrogen and oxygen atoms in total. The van der Waals surface area contributed by atoms with E-state index in [-0.39, 0.29) is 24.2 Å². The highest BCUT2D eigenvalue weighted by atomic mass is 35.5. The van der Waals surface area contributed by atoms with Gasteiger partial charge < -0.3 is 10.1 Å². The minimum absolute atomic E-state index is 0.0776. The van der Waals surface area contributed by atoms with Crippen LogP contribution in [-0.2, 0) is 9.53 Å². The summed E-state index contributed by atoms with van der Waals surface area (Å²) >= 11 is 5.97. The Bertz CT molecular complexity index is 836. The van der Waals surface area contributed by atoms with Crippen molar-refractivity contribution in [3.63, 3.8) is 0 Å². The molecule has 2 atom stereocenters. The lowest BCUT2D eigenvalue weighted by atomic mass is 9.86. The Morgan fingerprint density at radius 3 is 2.81 bits per heavy atom. The number of benzene rings is 1. The van der Waals surface area contributed by atoms with Gasteiger partial charge in [-0.3, -0.25) is 4.79 Å². The lowest BCUT2D eigenvalue weighted by Crippen LogP contribution is -2.42. The second kappa shape index (κ2) is 8.52. The van der Waals surface area contributed by atoms with E-state index in [0.29, 0.717) is 22.3 Å². The van der Waals surface area contributed by atoms with Crippen molar-refractivity contribution in [2.45, 2.75) is 45.6 Å². The van der Waals surface area contributed by atoms with Crippen molar-refractivity contribution >= 4 is 23.5 Å². The molecule has 1 amide bonds. The van der Waals surface area contributed by atoms with Crippen molar-refractivity contribution in [2.75, 3.05) is 6.61 Å². The molecule has 3 rings (SSSR count). The maximum atomic E-state index is 12.3. The van der Waals surface area contributed by atoms with Crippen LogP contribution in [0.15, 0.2) is 24.3 Å². The predicted molar refractivity (Wildman–Crippen MR) is 101 cm³/mol. The average Bonchev–Trinajstić information content (AvgIpc) is 3.03. The molecule has 1 aromatic heterocycles. The Balaban J connectivity index is 1.59. The molecule has 1 aliphatic carbocycles. The van der Waals surface area contributed by atoms with E-state index < -0.39 is 5.97 Å². The van der Waals surface area contributed by atoms with E-state index in [1.54, 1.807) is 31.2 Å². The van der Waals surface area contributed by atoms with Crippen LogP contribution in [0.25, 0.3) is 5.69 Å². The maximum Gasteiger partial charge on any atom is 0.361 e. The molecule has 1 saturated carbocycles. The molecule has 0 saturated heterocycles. The number of nitrogens with zero attached hydrogens (tertiary/aromatic N) is 3. The number of aryl methyl sites for hydroxylation is 1. The molecule has 0 aliphatic heterocycles. The highest BCUT2D eigenvalue weighted by Crippen LogP contribution is 2.23. The lowest BCUT2D eigenvalue weighted by Gasteiger charge is -2.29. The van der Waals surface area contributed by atoms with Crippen molar-refractivity contribution in [3.8, 4) is 5.69 Å². The fourth-order valence-corrected chi connectivity index (χ4v) is 3.45. The summed E-state index contributed by atoms with van der Waals surface area (Å²) in [5.74, 6) is -0.521. The van der Waals surface area contributed by atoms with Gasteiger partial charge in [-0.25, -0.2) is 4.79 Å². The van der Waals surface area contributed by atoms with Gasteiger partial charge in [0.1, 0.15) is 0 Å². The minimum Gasteiger partial charge on any atom is -0.451 e. The highest BCUT2D eigenvalue weighted by molar-refractivity contribution is 6.30. The molecular formula is C19H23ClN4O3. The molecule has 1 fully saturated rings. The van der Waals surface area contributed by atoms with Crippen molar-refractivity contribution in [3.05, 3.63) is 40.7 Å². The van der Waals surface area contributed by atoms with Gasteiger partial charge in [-0.05, 0) is 43.9 Å². The Labute approximate surface area is 163 Å². The van der Waals surface area contributed by atoms with Crippen LogP contribution in [0.1, 0.15) is 48.8 Å². The van der Waals surface area contributed by atoms with Crippen LogP contribution in [0.4, 0.5) is 0 Å². The van der Waals surface area contributed by atoms with Gasteiger partial charge in [-0.2, -0.15) is 9.90 Å². The van der Waals surface area contributed by atoms with E-state index >= 15 is 0 Å². The summed E-state index contributed by atoms with van der Waals surface area (Å²) in [7, 11) is 0. The van der Waals surface area contributed by atoms with E-state index in [2.05, 4.69) is 22.4 Å². The lowest BCUT2D eigenvalue weighted by molar-refractivity contribution is -0.125. The largest absolute Gasteiger partial charge is 0.451 e. The average molecular weight is 391 g/mol. The van der Waals surface area contributed by atoms with E-state index in [1.807, 2.05) is 0 Å². The zero-order chi connectivity index (χ0) is 19.4. The van der Waals surface area contributed by atoms with Gasteiger partial charge in [0.2, 0.25) is 0 Å². The molecule has 2 aromatic rings. The molecule has 27 heavy (non-hydrogen) atoms. The topological polar surface area (TPSA) is 86.1 Å². The van der Waals surface area contributed by atoms with Crippen LogP contribution >= 0.6 is 11.6 Å². The number of esters is 1. The number of hydrogen-bond acceptors (Lipinski definition) is 5. The van der Waals surface area contributed by atoms with Gasteiger partial charge in [0.25, 0.3) is 5.91 Å². The second-order valence-corrected chi connectivity index (χ2v) is 7.35. The van der Waals surface area contributed by atoms with E-state index in [4.69, 9.17) is 16.3 Å². The summed E-state index contributed by atoms with van der Waals surface area (Å²) in [6, 6.07) is 7.12. The smallest absolute Gasteiger partial charge is 0.361 e. The minimum atomic E-state index is -0.673. The van der Waals surface area contributed by atoms with E-state index in [0.717, 1.165) is 19.3 Å². The monoisotopic (exact) mass is 390 g/mol. The normalized spacial score (nSPS) is 19.5. The van der Waals surface area contributed by atoms with Crippen LogP contribution in [0.5, 0.6) is 0 Å². The number of carbonyl (C=O) groups excluding carboxylic acids is 2. The molecular weight excluding hydrogens is 368 g/mol. The molecule has 144 valence electrons. The molecule has 0 bridgehead atoms. The Morgan fingerprint density at radius 1 is 1.30 bits per heavy atom. The maximum absolute atomic E-state index is 12.3. The van der Waals surface area contributed by atoms with Crippen LogP contribution in [0, 0.1) is 12.8 Å². The first-order chi connectivity index (χ1) is 12.9. The number of ether oxygens (including phenoxy) is 1. The summed E-state index contributed by atoms with van der Waals surface area (Å²) in [5.41, 5.74) is 1.13. The first-order valence-electron chi connectivity index (χ1n) is 9.10. The molecule has 0 radical (unpaired) electrons. The van der Waals surface area contributed by atoms with Crippen molar-refractivity contribution in [1.82, 2.24) is 20.3 Å². The second-order valence-electron chi connectivity index (χ2n) is 6.92. The third kappa shape index (κ3) is 4.86. The molecule has 1 aliphatic rings. The quantitative estimate of drug-likeness (QED) is 0.793. The Morgan fingerprint density at radius 2 is 2.07 bits per heavy atom. The van der Waals surface area contributed by atoms with Crippen molar-refractivity contribution in [2.24, 2.45) is 5.92 Å². The zero-order valence-corrected chi connectivity index (χ0v) is 16.2. The fourth-order valence-electron chi connectivity index (χ4n) is 3.26. The molecule has 8 heteroatoms. The summed E-state index contributed by atoms with van der Waals surface area (Å²) in [6.45, 7) is 3.47. The van der Waals surface area contributed by atoms with Gasteiger partial charge >= 0.3 is 5.97 Å². The molecule has 1 aromatic carbocycles. The van der Waals surface area contributed by atoms with Gasteiger partial charge in [0, 0.05) is 11.1 Å². The number of nitrogens with one attached hydrogen (secondary N) is 1. The van der Waals surface area contributed by atoms with Crippen LogP contribution in [0.3, 0.4) is 0 Å². The van der Waals surface area contributed by atoms with Gasteiger partial charge in [0.15, 0.2) is 12.3 Å². The number of carbonyl (C=O) groups is 2. The number of rotatable bonds is 5. The van der Waals surface area contributed by atoms with Crippen LogP contribution in [0.2, 0.25) is 5.02 Å². The van der Waals surface area contributed by atoms with Crippen molar-refractivity contribution < 1.29 is 14.3 Å². The summed E-state index contributed by atoms with van der Waals surface area (Å²) in [5, 5.41) is 11.9. The van der Waals surface area contributed by atoms with E-state index in [1.165, 1.54) is 11.2 Å². The van der Waals surface area contributed by atoms with Gasteiger partial charge in [0.05, 0.1) is 11.4 Å². The molecule has 0 spiro atoms. The van der Waals surface area contributed by atoms with E-state index in [9.17, 15) is 9.59 Å². The fraction of sp³-hybridized carbons (Fsp3) is 0.474. The first kappa shape index (κ1) is 19.4. The number of halogens is 1. The zero-order valence-electron chi connectivity index (χ0n) is 15.4. The third-order valence-electron chi connectivity index (χ3n) is 4.81. The highest BCUT2D eigenvalue weighted by Gasteiger charge is 2.24. The standard InChI is InChI=1S/C19H23ClN4O3/c1-12-6-3-4-9-16(12)21-17(25)11-27-19(26)18-13(2)22-24(23-18)15-8-5-7-14(20)10-15/h5,7-8,10,12,16H,3-4,6,9,11H2,1-2H3,(H,21,25)/t12-,16-/m1/s1. The van der Waals surface area contributed by atoms with Crippen LogP contribution in [-0.4, -0.2) is 39.5 Å². The van der Waals surface area contributed by atoms with Gasteiger partial charge in [-0.1, -0.05) is 37.4 Å². The Kier molecular flexibility index (Phi) is 6.11. The number of hydrogen-bond donors (Lipinski definition) is 1. The summed E-state index contributed by atoms with van der Waals surface area (Å²) in [4.78, 5) is 25.7. The molecule has 1 N–H and O–H groups in total. The summed E-state index contributed by atoms with van der Waals surface area (Å²) in [6.07, 6.45) is 4.38. The van der Waals surface area contributed by atoms with Crippen molar-refractivity contribution in [1.29, 1.82) is 0 Å². The third-order valence-corrected chi connectivity index (χ3v) is 5.04. The van der Waals surface area contributed by atoms with Crippen LogP contribution < -0.4 is 5.32 Å². The summed E-state index contributed by atoms with van der Waals surface area (Å²) < 4.78 is 5.13. The number of aromatic nitrogens is 3. The predicted octanol–water partition coefficient (Wildman–Crippen LogP) is 3.08. The first-order valence-corrected chi connectivity index (χ1v) is 9.48. The molecule has 1 heterocycles. The SMILES string of the molecule is Cc1nn(-c2cccc(Cl)c2)nc1C(=O)OCC(=O)N[C@@H]1CCCC[C@H]1C. The number of amides is 1. The van der Waals surface area contributed by atoms with Gasteiger partial charge in [-0.15, -0.1) is 5.10 Å².